The number of imidazole rings is 1. The van der Waals surface area contributed by atoms with E-state index < -0.39 is 0 Å². The predicted octanol–water partition coefficient (Wildman–Crippen LogP) is 2.92. The van der Waals surface area contributed by atoms with Gasteiger partial charge in [-0.15, -0.1) is 0 Å². The molecule has 1 amide bonds. The summed E-state index contributed by atoms with van der Waals surface area (Å²) in [6.45, 7) is 1.23. The zero-order valence-corrected chi connectivity index (χ0v) is 15.3. The quantitative estimate of drug-likeness (QED) is 0.703. The predicted molar refractivity (Wildman–Crippen MR) is 102 cm³/mol. The number of hydrogen-bond donors (Lipinski definition) is 0. The topological polar surface area (TPSA) is 69.0 Å². The fourth-order valence-corrected chi connectivity index (χ4v) is 3.91. The van der Waals surface area contributed by atoms with Gasteiger partial charge in [0.2, 0.25) is 0 Å². The van der Waals surface area contributed by atoms with Crippen LogP contribution in [0.5, 0.6) is 0 Å². The fraction of sp³-hybridized carbons (Fsp3) is 0.286. The molecule has 0 spiro atoms. The molecule has 0 saturated carbocycles. The maximum absolute atomic E-state index is 12.8. The van der Waals surface area contributed by atoms with Gasteiger partial charge in [0.15, 0.2) is 5.65 Å². The van der Waals surface area contributed by atoms with Gasteiger partial charge in [0, 0.05) is 6.20 Å². The van der Waals surface area contributed by atoms with E-state index >= 15 is 0 Å². The van der Waals surface area contributed by atoms with Crippen molar-refractivity contribution in [3.63, 3.8) is 0 Å². The third kappa shape index (κ3) is 3.03. The summed E-state index contributed by atoms with van der Waals surface area (Å²) in [6.07, 6.45) is 6.06. The highest BCUT2D eigenvalue weighted by atomic mass is 16.6. The molecule has 3 aromatic rings. The Balaban J connectivity index is 1.38. The molecule has 2 aliphatic heterocycles. The van der Waals surface area contributed by atoms with Crippen LogP contribution in [0.3, 0.4) is 0 Å². The molecule has 1 saturated heterocycles. The number of ether oxygens (including phenoxy) is 2. The second-order valence-corrected chi connectivity index (χ2v) is 7.04. The largest absolute Gasteiger partial charge is 0.445 e. The summed E-state index contributed by atoms with van der Waals surface area (Å²) in [4.78, 5) is 19.0. The average Bonchev–Trinajstić information content (AvgIpc) is 3.16. The summed E-state index contributed by atoms with van der Waals surface area (Å²) in [6, 6.07) is 13.3. The third-order valence-corrected chi connectivity index (χ3v) is 5.22. The number of aromatic nitrogens is 3. The number of benzene rings is 1. The van der Waals surface area contributed by atoms with Crippen LogP contribution in [0.15, 0.2) is 60.9 Å². The van der Waals surface area contributed by atoms with Gasteiger partial charge < -0.3 is 9.47 Å². The number of rotatable bonds is 3. The summed E-state index contributed by atoms with van der Waals surface area (Å²) in [5.41, 5.74) is 3.88. The van der Waals surface area contributed by atoms with Crippen LogP contribution in [-0.4, -0.2) is 50.9 Å². The normalized spacial score (nSPS) is 21.4. The van der Waals surface area contributed by atoms with E-state index in [1.807, 2.05) is 58.1 Å². The zero-order valence-electron chi connectivity index (χ0n) is 15.3. The minimum Gasteiger partial charge on any atom is -0.445 e. The van der Waals surface area contributed by atoms with Crippen molar-refractivity contribution in [3.8, 4) is 0 Å². The molecule has 142 valence electrons. The van der Waals surface area contributed by atoms with Gasteiger partial charge in [0.25, 0.3) is 0 Å². The fourth-order valence-electron chi connectivity index (χ4n) is 3.91. The van der Waals surface area contributed by atoms with E-state index in [0.717, 1.165) is 22.5 Å². The monoisotopic (exact) mass is 376 g/mol. The first-order valence-electron chi connectivity index (χ1n) is 9.36. The van der Waals surface area contributed by atoms with Crippen molar-refractivity contribution in [1.29, 1.82) is 0 Å². The maximum atomic E-state index is 12.8. The highest BCUT2D eigenvalue weighted by molar-refractivity contribution is 5.74. The Kier molecular flexibility index (Phi) is 4.29. The minimum atomic E-state index is -0.297. The first-order valence-corrected chi connectivity index (χ1v) is 9.36. The Hall–Kier alpha value is -3.19. The van der Waals surface area contributed by atoms with Crippen molar-refractivity contribution in [3.05, 3.63) is 72.2 Å². The number of amides is 1. The first-order chi connectivity index (χ1) is 13.8. The molecule has 2 bridgehead atoms. The summed E-state index contributed by atoms with van der Waals surface area (Å²) in [5, 5.41) is 4.40. The van der Waals surface area contributed by atoms with Gasteiger partial charge in [-0.2, -0.15) is 5.10 Å². The summed E-state index contributed by atoms with van der Waals surface area (Å²) >= 11 is 0. The van der Waals surface area contributed by atoms with Gasteiger partial charge in [-0.3, -0.25) is 4.90 Å². The Morgan fingerprint density at radius 1 is 1.18 bits per heavy atom. The van der Waals surface area contributed by atoms with Gasteiger partial charge in [0.1, 0.15) is 6.61 Å². The van der Waals surface area contributed by atoms with E-state index in [-0.39, 0.29) is 24.8 Å². The first kappa shape index (κ1) is 16.9. The second kappa shape index (κ2) is 7.09. The van der Waals surface area contributed by atoms with Gasteiger partial charge >= 0.3 is 6.09 Å². The Bertz CT molecular complexity index is 1030. The van der Waals surface area contributed by atoms with Gasteiger partial charge in [-0.1, -0.05) is 36.4 Å². The summed E-state index contributed by atoms with van der Waals surface area (Å²) in [5.74, 6) is 0. The van der Waals surface area contributed by atoms with Gasteiger partial charge in [-0.25, -0.2) is 14.3 Å². The van der Waals surface area contributed by atoms with Crippen LogP contribution in [0, 0.1) is 0 Å². The highest BCUT2D eigenvalue weighted by Crippen LogP contribution is 2.33. The maximum Gasteiger partial charge on any atom is 0.411 e. The lowest BCUT2D eigenvalue weighted by Gasteiger charge is -2.43. The molecule has 28 heavy (non-hydrogen) atoms. The van der Waals surface area contributed by atoms with Crippen LogP contribution in [-0.2, 0) is 16.1 Å². The number of carbonyl (C=O) groups excluding carboxylic acids is 1. The number of fused-ring (bicyclic) bond motifs is 3. The minimum absolute atomic E-state index is 0.0590. The number of nitrogens with zero attached hydrogens (tertiary/aromatic N) is 4. The standard InChI is InChI=1S/C21H20N4O3/c26-21(28-12-15-5-2-1-3-6-15)24-17-9-16(10-18(24)14-27-13-17)19-11-22-20-7-4-8-23-25(19)20/h1-9,11,17-18H,10,12-14H2. The molecule has 2 aromatic heterocycles. The molecule has 1 fully saturated rings. The lowest BCUT2D eigenvalue weighted by Crippen LogP contribution is -2.56. The van der Waals surface area contributed by atoms with Crippen LogP contribution >= 0.6 is 0 Å². The van der Waals surface area contributed by atoms with E-state index in [1.54, 1.807) is 6.20 Å². The highest BCUT2D eigenvalue weighted by Gasteiger charge is 2.39. The molecule has 0 aliphatic carbocycles. The van der Waals surface area contributed by atoms with Crippen molar-refractivity contribution < 1.29 is 14.3 Å². The Labute approximate surface area is 162 Å². The molecule has 7 heteroatoms. The van der Waals surface area contributed by atoms with E-state index in [1.165, 1.54) is 0 Å². The Morgan fingerprint density at radius 3 is 2.93 bits per heavy atom. The summed E-state index contributed by atoms with van der Waals surface area (Å²) < 4.78 is 13.1. The number of hydrogen-bond acceptors (Lipinski definition) is 5. The van der Waals surface area contributed by atoms with Crippen molar-refractivity contribution in [2.75, 3.05) is 13.2 Å². The molecular formula is C21H20N4O3. The SMILES string of the molecule is O=C(OCc1ccccc1)N1C2C=C(c3cnc4cccnn34)CC1COC2. The molecule has 2 unspecified atom stereocenters. The smallest absolute Gasteiger partial charge is 0.411 e. The average molecular weight is 376 g/mol. The van der Waals surface area contributed by atoms with Crippen molar-refractivity contribution >= 4 is 17.3 Å². The van der Waals surface area contributed by atoms with Crippen LogP contribution in [0.1, 0.15) is 17.7 Å². The molecule has 2 atom stereocenters. The molecule has 0 radical (unpaired) electrons. The van der Waals surface area contributed by atoms with Crippen molar-refractivity contribution in [1.82, 2.24) is 19.5 Å². The molecule has 7 nitrogen and oxygen atoms in total. The number of morpholine rings is 1. The van der Waals surface area contributed by atoms with E-state index in [9.17, 15) is 4.79 Å². The van der Waals surface area contributed by atoms with Crippen LogP contribution < -0.4 is 0 Å². The van der Waals surface area contributed by atoms with Crippen molar-refractivity contribution in [2.24, 2.45) is 0 Å². The van der Waals surface area contributed by atoms with Crippen LogP contribution in [0.25, 0.3) is 11.2 Å². The Morgan fingerprint density at radius 2 is 2.07 bits per heavy atom. The molecule has 1 aromatic carbocycles. The lowest BCUT2D eigenvalue weighted by molar-refractivity contribution is -0.0342. The molecular weight excluding hydrogens is 356 g/mol. The van der Waals surface area contributed by atoms with E-state index in [4.69, 9.17) is 9.47 Å². The zero-order chi connectivity index (χ0) is 18.9. The van der Waals surface area contributed by atoms with E-state index in [0.29, 0.717) is 19.6 Å². The van der Waals surface area contributed by atoms with Crippen LogP contribution in [0.2, 0.25) is 0 Å². The molecule has 2 aliphatic rings. The molecule has 0 N–H and O–H groups in total. The lowest BCUT2D eigenvalue weighted by atomic mass is 9.93. The van der Waals surface area contributed by atoms with Gasteiger partial charge in [-0.05, 0) is 29.7 Å². The third-order valence-electron chi connectivity index (χ3n) is 5.22. The number of carbonyl (C=O) groups is 1. The van der Waals surface area contributed by atoms with Crippen LogP contribution in [0.4, 0.5) is 4.79 Å². The van der Waals surface area contributed by atoms with E-state index in [2.05, 4.69) is 16.2 Å². The van der Waals surface area contributed by atoms with Crippen molar-refractivity contribution in [2.45, 2.75) is 25.1 Å². The van der Waals surface area contributed by atoms with Gasteiger partial charge in [0.05, 0.1) is 37.2 Å². The molecule has 4 heterocycles. The molecule has 5 rings (SSSR count). The summed E-state index contributed by atoms with van der Waals surface area (Å²) in [7, 11) is 0. The second-order valence-electron chi connectivity index (χ2n) is 7.04.